The summed E-state index contributed by atoms with van der Waals surface area (Å²) < 4.78 is 0. The average molecular weight is 140 g/mol. The van der Waals surface area contributed by atoms with E-state index in [0.717, 1.165) is 5.92 Å². The zero-order valence-electron chi connectivity index (χ0n) is 6.71. The lowest BCUT2D eigenvalue weighted by atomic mass is 9.99. The van der Waals surface area contributed by atoms with Crippen molar-refractivity contribution in [2.24, 2.45) is 5.92 Å². The Morgan fingerprint density at radius 1 is 1.30 bits per heavy atom. The van der Waals surface area contributed by atoms with Crippen LogP contribution < -0.4 is 0 Å². The van der Waals surface area contributed by atoms with Gasteiger partial charge in [-0.2, -0.15) is 0 Å². The fraction of sp³-hybridized carbons (Fsp3) is 1.00. The van der Waals surface area contributed by atoms with Crippen molar-refractivity contribution in [3.8, 4) is 0 Å². The Bertz CT molecular complexity index is 114. The van der Waals surface area contributed by atoms with Crippen molar-refractivity contribution in [1.82, 2.24) is 9.80 Å². The van der Waals surface area contributed by atoms with Crippen molar-refractivity contribution in [2.75, 3.05) is 39.8 Å². The zero-order valence-corrected chi connectivity index (χ0v) is 6.71. The van der Waals surface area contributed by atoms with Gasteiger partial charge in [0.15, 0.2) is 0 Å². The van der Waals surface area contributed by atoms with E-state index in [9.17, 15) is 0 Å². The fourth-order valence-corrected chi connectivity index (χ4v) is 1.87. The summed E-state index contributed by atoms with van der Waals surface area (Å²) in [5, 5.41) is 0. The molecule has 0 N–H and O–H groups in total. The SMILES string of the molecule is CN1CC(CN2CCC2)C1. The highest BCUT2D eigenvalue weighted by molar-refractivity contribution is 4.82. The summed E-state index contributed by atoms with van der Waals surface area (Å²) >= 11 is 0. The standard InChI is InChI=1S/C8H16N2/c1-9-5-8(6-9)7-10-3-2-4-10/h8H,2-7H2,1H3. The Labute approximate surface area is 62.8 Å². The number of rotatable bonds is 2. The van der Waals surface area contributed by atoms with Crippen LogP contribution in [0, 0.1) is 5.92 Å². The van der Waals surface area contributed by atoms with Gasteiger partial charge in [-0.05, 0) is 32.5 Å². The maximum Gasteiger partial charge on any atom is 0.00342 e. The molecule has 0 aromatic heterocycles. The highest BCUT2D eigenvalue weighted by Crippen LogP contribution is 2.17. The molecular weight excluding hydrogens is 124 g/mol. The van der Waals surface area contributed by atoms with E-state index in [1.54, 1.807) is 0 Å². The molecule has 2 aliphatic rings. The van der Waals surface area contributed by atoms with Crippen LogP contribution >= 0.6 is 0 Å². The molecule has 2 heterocycles. The lowest BCUT2D eigenvalue weighted by Gasteiger charge is -2.42. The molecule has 10 heavy (non-hydrogen) atoms. The van der Waals surface area contributed by atoms with Crippen LogP contribution in [0.3, 0.4) is 0 Å². The van der Waals surface area contributed by atoms with Gasteiger partial charge in [0.2, 0.25) is 0 Å². The maximum absolute atomic E-state index is 2.57. The third-order valence-electron chi connectivity index (χ3n) is 2.60. The summed E-state index contributed by atoms with van der Waals surface area (Å²) in [5.74, 6) is 0.991. The number of nitrogens with zero attached hydrogens (tertiary/aromatic N) is 2. The summed E-state index contributed by atoms with van der Waals surface area (Å²) in [7, 11) is 2.20. The first-order valence-electron chi connectivity index (χ1n) is 4.25. The van der Waals surface area contributed by atoms with Gasteiger partial charge in [-0.3, -0.25) is 0 Å². The van der Waals surface area contributed by atoms with E-state index in [1.165, 1.54) is 39.1 Å². The number of hydrogen-bond acceptors (Lipinski definition) is 2. The second-order valence-electron chi connectivity index (χ2n) is 3.74. The fourth-order valence-electron chi connectivity index (χ4n) is 1.87. The highest BCUT2D eigenvalue weighted by Gasteiger charge is 2.26. The van der Waals surface area contributed by atoms with Crippen molar-refractivity contribution in [3.63, 3.8) is 0 Å². The Balaban J connectivity index is 1.62. The Morgan fingerprint density at radius 3 is 2.40 bits per heavy atom. The molecule has 2 rings (SSSR count). The molecule has 58 valence electrons. The van der Waals surface area contributed by atoms with Gasteiger partial charge < -0.3 is 9.80 Å². The largest absolute Gasteiger partial charge is 0.306 e. The lowest BCUT2D eigenvalue weighted by Crippen LogP contribution is -2.51. The maximum atomic E-state index is 2.57. The minimum absolute atomic E-state index is 0.991. The van der Waals surface area contributed by atoms with Gasteiger partial charge in [-0.15, -0.1) is 0 Å². The van der Waals surface area contributed by atoms with Gasteiger partial charge in [0.1, 0.15) is 0 Å². The third-order valence-corrected chi connectivity index (χ3v) is 2.60. The molecule has 0 aliphatic carbocycles. The van der Waals surface area contributed by atoms with E-state index in [-0.39, 0.29) is 0 Å². The van der Waals surface area contributed by atoms with E-state index in [4.69, 9.17) is 0 Å². The molecule has 2 fully saturated rings. The monoisotopic (exact) mass is 140 g/mol. The number of hydrogen-bond donors (Lipinski definition) is 0. The summed E-state index contributed by atoms with van der Waals surface area (Å²) in [5.41, 5.74) is 0. The van der Waals surface area contributed by atoms with Crippen molar-refractivity contribution in [2.45, 2.75) is 6.42 Å². The zero-order chi connectivity index (χ0) is 6.97. The molecule has 0 radical (unpaired) electrons. The Morgan fingerprint density at radius 2 is 2.00 bits per heavy atom. The van der Waals surface area contributed by atoms with Crippen molar-refractivity contribution < 1.29 is 0 Å². The normalized spacial score (nSPS) is 29.7. The number of likely N-dealkylation sites (tertiary alicyclic amines) is 2. The molecule has 0 amide bonds. The van der Waals surface area contributed by atoms with Crippen LogP contribution in [0.2, 0.25) is 0 Å². The minimum Gasteiger partial charge on any atom is -0.306 e. The van der Waals surface area contributed by atoms with Crippen LogP contribution in [0.1, 0.15) is 6.42 Å². The molecule has 0 unspecified atom stereocenters. The van der Waals surface area contributed by atoms with Gasteiger partial charge in [0, 0.05) is 19.6 Å². The average Bonchev–Trinajstić information content (AvgIpc) is 1.72. The van der Waals surface area contributed by atoms with Gasteiger partial charge in [-0.1, -0.05) is 0 Å². The highest BCUT2D eigenvalue weighted by atomic mass is 15.2. The van der Waals surface area contributed by atoms with Crippen LogP contribution in [-0.2, 0) is 0 Å². The molecule has 0 saturated carbocycles. The Kier molecular flexibility index (Phi) is 1.66. The summed E-state index contributed by atoms with van der Waals surface area (Å²) in [4.78, 5) is 4.96. The van der Waals surface area contributed by atoms with Crippen molar-refractivity contribution >= 4 is 0 Å². The van der Waals surface area contributed by atoms with Gasteiger partial charge >= 0.3 is 0 Å². The molecule has 2 aliphatic heterocycles. The predicted molar refractivity (Wildman–Crippen MR) is 42.0 cm³/mol. The minimum atomic E-state index is 0.991. The van der Waals surface area contributed by atoms with Crippen LogP contribution in [0.25, 0.3) is 0 Å². The van der Waals surface area contributed by atoms with E-state index >= 15 is 0 Å². The topological polar surface area (TPSA) is 6.48 Å². The van der Waals surface area contributed by atoms with Crippen LogP contribution in [-0.4, -0.2) is 49.6 Å². The smallest absolute Gasteiger partial charge is 0.00342 e. The lowest BCUT2D eigenvalue weighted by molar-refractivity contribution is 0.0651. The van der Waals surface area contributed by atoms with Gasteiger partial charge in [0.25, 0.3) is 0 Å². The summed E-state index contributed by atoms with van der Waals surface area (Å²) in [6, 6.07) is 0. The third kappa shape index (κ3) is 1.18. The molecule has 2 saturated heterocycles. The van der Waals surface area contributed by atoms with E-state index in [2.05, 4.69) is 16.8 Å². The molecular formula is C8H16N2. The Hall–Kier alpha value is -0.0800. The first-order chi connectivity index (χ1) is 4.84. The van der Waals surface area contributed by atoms with E-state index < -0.39 is 0 Å². The second kappa shape index (κ2) is 2.51. The molecule has 0 spiro atoms. The molecule has 2 heteroatoms. The molecule has 0 bridgehead atoms. The molecule has 2 nitrogen and oxygen atoms in total. The van der Waals surface area contributed by atoms with E-state index in [0.29, 0.717) is 0 Å². The van der Waals surface area contributed by atoms with Gasteiger partial charge in [-0.25, -0.2) is 0 Å². The van der Waals surface area contributed by atoms with Crippen LogP contribution in [0.4, 0.5) is 0 Å². The second-order valence-corrected chi connectivity index (χ2v) is 3.74. The quantitative estimate of drug-likeness (QED) is 0.542. The van der Waals surface area contributed by atoms with Crippen LogP contribution in [0.15, 0.2) is 0 Å². The molecule has 0 atom stereocenters. The predicted octanol–water partition coefficient (Wildman–Crippen LogP) is 0.254. The first kappa shape index (κ1) is 6.62. The van der Waals surface area contributed by atoms with Crippen molar-refractivity contribution in [1.29, 1.82) is 0 Å². The molecule has 0 aromatic rings. The van der Waals surface area contributed by atoms with Gasteiger partial charge in [0.05, 0.1) is 0 Å². The first-order valence-corrected chi connectivity index (χ1v) is 4.25. The summed E-state index contributed by atoms with van der Waals surface area (Å²) in [6.07, 6.45) is 1.43. The van der Waals surface area contributed by atoms with Crippen LogP contribution in [0.5, 0.6) is 0 Å². The van der Waals surface area contributed by atoms with E-state index in [1.807, 2.05) is 0 Å². The van der Waals surface area contributed by atoms with Crippen molar-refractivity contribution in [3.05, 3.63) is 0 Å². The summed E-state index contributed by atoms with van der Waals surface area (Å²) in [6.45, 7) is 6.75. The molecule has 0 aromatic carbocycles.